The Morgan fingerprint density at radius 2 is 1.67 bits per heavy atom. The minimum Gasteiger partial charge on any atom is -0.452 e. The van der Waals surface area contributed by atoms with E-state index in [-0.39, 0.29) is 36.1 Å². The molecule has 1 aliphatic heterocycles. The normalized spacial score (nSPS) is 21.9. The highest BCUT2D eigenvalue weighted by Gasteiger charge is 2.39. The quantitative estimate of drug-likeness (QED) is 0.718. The molecule has 148 valence electrons. The number of amides is 1. The van der Waals surface area contributed by atoms with Crippen molar-refractivity contribution in [1.82, 2.24) is 4.90 Å². The molecule has 1 heterocycles. The Labute approximate surface area is 160 Å². The maximum Gasteiger partial charge on any atom is 0.338 e. The van der Waals surface area contributed by atoms with E-state index in [1.54, 1.807) is 17.0 Å². The van der Waals surface area contributed by atoms with Gasteiger partial charge in [-0.1, -0.05) is 30.0 Å². The van der Waals surface area contributed by atoms with Crippen molar-refractivity contribution in [3.63, 3.8) is 0 Å². The number of hydrogen-bond acceptors (Lipinski definition) is 5. The van der Waals surface area contributed by atoms with Crippen LogP contribution in [0.25, 0.3) is 0 Å². The van der Waals surface area contributed by atoms with Crippen LogP contribution in [-0.4, -0.2) is 55.4 Å². The second-order valence-corrected chi connectivity index (χ2v) is 9.98. The average molecular weight is 394 g/mol. The molecule has 7 heteroatoms. The van der Waals surface area contributed by atoms with Crippen LogP contribution in [0.2, 0.25) is 0 Å². The maximum absolute atomic E-state index is 12.9. The van der Waals surface area contributed by atoms with Crippen molar-refractivity contribution in [2.45, 2.75) is 58.0 Å². The molecule has 1 aliphatic carbocycles. The number of carbonyl (C=O) groups excluding carboxylic acids is 2. The van der Waals surface area contributed by atoms with E-state index < -0.39 is 15.8 Å². The molecule has 2 aliphatic rings. The predicted octanol–water partition coefficient (Wildman–Crippen LogP) is 2.42. The van der Waals surface area contributed by atoms with E-state index in [9.17, 15) is 18.0 Å². The van der Waals surface area contributed by atoms with Crippen LogP contribution >= 0.6 is 0 Å². The van der Waals surface area contributed by atoms with Crippen LogP contribution in [0.15, 0.2) is 18.2 Å². The van der Waals surface area contributed by atoms with Gasteiger partial charge in [-0.05, 0) is 45.2 Å². The zero-order valence-corrected chi connectivity index (χ0v) is 16.8. The van der Waals surface area contributed by atoms with Gasteiger partial charge in [0.2, 0.25) is 0 Å². The number of nitrogens with zero attached hydrogens (tertiary/aromatic N) is 1. The summed E-state index contributed by atoms with van der Waals surface area (Å²) in [4.78, 5) is 26.9. The molecule has 1 atom stereocenters. The molecule has 27 heavy (non-hydrogen) atoms. The molecule has 6 nitrogen and oxygen atoms in total. The third kappa shape index (κ3) is 4.89. The van der Waals surface area contributed by atoms with E-state index >= 15 is 0 Å². The Hall–Kier alpha value is -1.89. The number of benzene rings is 1. The maximum atomic E-state index is 12.9. The molecule has 1 saturated heterocycles. The number of ether oxygens (including phenoxy) is 1. The largest absolute Gasteiger partial charge is 0.452 e. The molecule has 2 fully saturated rings. The summed E-state index contributed by atoms with van der Waals surface area (Å²) in [5.41, 5.74) is 2.34. The standard InChI is InChI=1S/C20H27NO5S/c1-14-9-15(2)11-16(10-14)20(23)26-12-19(22)21(17-5-3-4-6-17)18-7-8-27(24,25)13-18/h9-11,17-18H,3-8,12-13H2,1-2H3/t18-/m1/s1. The Balaban J connectivity index is 1.68. The average Bonchev–Trinajstić information content (AvgIpc) is 3.22. The SMILES string of the molecule is Cc1cc(C)cc(C(=O)OCC(=O)N(C2CCCC2)[C@@H]2CCS(=O)(=O)C2)c1. The van der Waals surface area contributed by atoms with Crippen molar-refractivity contribution in [1.29, 1.82) is 0 Å². The lowest BCUT2D eigenvalue weighted by Gasteiger charge is -2.33. The van der Waals surface area contributed by atoms with E-state index in [0.717, 1.165) is 36.8 Å². The van der Waals surface area contributed by atoms with Crippen LogP contribution in [0.4, 0.5) is 0 Å². The van der Waals surface area contributed by atoms with Crippen LogP contribution in [0.1, 0.15) is 53.6 Å². The first kappa shape index (κ1) is 19.9. The van der Waals surface area contributed by atoms with Crippen LogP contribution < -0.4 is 0 Å². The molecule has 0 spiro atoms. The highest BCUT2D eigenvalue weighted by atomic mass is 32.2. The van der Waals surface area contributed by atoms with Crippen molar-refractivity contribution in [3.05, 3.63) is 34.9 Å². The van der Waals surface area contributed by atoms with Gasteiger partial charge in [-0.3, -0.25) is 4.79 Å². The molecule has 0 radical (unpaired) electrons. The fourth-order valence-corrected chi connectivity index (χ4v) is 5.97. The van der Waals surface area contributed by atoms with Crippen molar-refractivity contribution in [3.8, 4) is 0 Å². The zero-order chi connectivity index (χ0) is 19.6. The van der Waals surface area contributed by atoms with Crippen molar-refractivity contribution in [2.24, 2.45) is 0 Å². The lowest BCUT2D eigenvalue weighted by atomic mass is 10.1. The zero-order valence-electron chi connectivity index (χ0n) is 15.9. The first-order valence-corrected chi connectivity index (χ1v) is 11.3. The summed E-state index contributed by atoms with van der Waals surface area (Å²) in [6, 6.07) is 5.18. The highest BCUT2D eigenvalue weighted by molar-refractivity contribution is 7.91. The second kappa shape index (κ2) is 8.00. The Kier molecular flexibility index (Phi) is 5.89. The van der Waals surface area contributed by atoms with Gasteiger partial charge in [0.25, 0.3) is 5.91 Å². The van der Waals surface area contributed by atoms with Gasteiger partial charge in [0, 0.05) is 12.1 Å². The summed E-state index contributed by atoms with van der Waals surface area (Å²) < 4.78 is 29.0. The summed E-state index contributed by atoms with van der Waals surface area (Å²) in [7, 11) is -3.09. The summed E-state index contributed by atoms with van der Waals surface area (Å²) in [6.45, 7) is 3.45. The summed E-state index contributed by atoms with van der Waals surface area (Å²) in [6.07, 6.45) is 4.31. The van der Waals surface area contributed by atoms with Crippen molar-refractivity contribution < 1.29 is 22.7 Å². The first-order valence-electron chi connectivity index (χ1n) is 9.52. The minimum absolute atomic E-state index is 0.0141. The number of sulfone groups is 1. The fourth-order valence-electron chi connectivity index (χ4n) is 4.26. The number of hydrogen-bond donors (Lipinski definition) is 0. The Morgan fingerprint density at radius 1 is 1.04 bits per heavy atom. The summed E-state index contributed by atoms with van der Waals surface area (Å²) >= 11 is 0. The van der Waals surface area contributed by atoms with E-state index in [4.69, 9.17) is 4.74 Å². The third-order valence-corrected chi connectivity index (χ3v) is 7.14. The van der Waals surface area contributed by atoms with Gasteiger partial charge in [0.1, 0.15) is 0 Å². The molecule has 1 aromatic carbocycles. The third-order valence-electron chi connectivity index (χ3n) is 5.39. The Morgan fingerprint density at radius 3 is 2.22 bits per heavy atom. The van der Waals surface area contributed by atoms with E-state index in [2.05, 4.69) is 0 Å². The molecular weight excluding hydrogens is 366 g/mol. The number of aryl methyl sites for hydroxylation is 2. The van der Waals surface area contributed by atoms with Crippen LogP contribution in [0, 0.1) is 13.8 Å². The number of esters is 1. The molecule has 0 unspecified atom stereocenters. The molecule has 1 saturated carbocycles. The lowest BCUT2D eigenvalue weighted by Crippen LogP contribution is -2.48. The van der Waals surface area contributed by atoms with E-state index in [1.807, 2.05) is 19.9 Å². The predicted molar refractivity (Wildman–Crippen MR) is 102 cm³/mol. The van der Waals surface area contributed by atoms with Gasteiger partial charge in [-0.2, -0.15) is 0 Å². The number of carbonyl (C=O) groups is 2. The van der Waals surface area contributed by atoms with Gasteiger partial charge in [0.05, 0.1) is 17.1 Å². The van der Waals surface area contributed by atoms with Gasteiger partial charge < -0.3 is 9.64 Å². The van der Waals surface area contributed by atoms with Crippen LogP contribution in [0.3, 0.4) is 0 Å². The van der Waals surface area contributed by atoms with Gasteiger partial charge >= 0.3 is 5.97 Å². The van der Waals surface area contributed by atoms with Gasteiger partial charge in [-0.15, -0.1) is 0 Å². The van der Waals surface area contributed by atoms with Crippen LogP contribution in [0.5, 0.6) is 0 Å². The van der Waals surface area contributed by atoms with E-state index in [0.29, 0.717) is 12.0 Å². The molecule has 3 rings (SSSR count). The second-order valence-electron chi connectivity index (χ2n) is 7.75. The minimum atomic E-state index is -3.09. The van der Waals surface area contributed by atoms with Crippen molar-refractivity contribution in [2.75, 3.05) is 18.1 Å². The first-order chi connectivity index (χ1) is 12.7. The molecular formula is C20H27NO5S. The monoisotopic (exact) mass is 393 g/mol. The Bertz CT molecular complexity index is 807. The van der Waals surface area contributed by atoms with Gasteiger partial charge in [0.15, 0.2) is 16.4 Å². The number of rotatable bonds is 5. The van der Waals surface area contributed by atoms with Gasteiger partial charge in [-0.25, -0.2) is 13.2 Å². The van der Waals surface area contributed by atoms with Crippen molar-refractivity contribution >= 4 is 21.7 Å². The molecule has 1 amide bonds. The fraction of sp³-hybridized carbons (Fsp3) is 0.600. The summed E-state index contributed by atoms with van der Waals surface area (Å²) in [5, 5.41) is 0. The van der Waals surface area contributed by atoms with Crippen LogP contribution in [-0.2, 0) is 19.4 Å². The highest BCUT2D eigenvalue weighted by Crippen LogP contribution is 2.29. The molecule has 0 bridgehead atoms. The smallest absolute Gasteiger partial charge is 0.338 e. The van der Waals surface area contributed by atoms with E-state index in [1.165, 1.54) is 0 Å². The topological polar surface area (TPSA) is 80.8 Å². The summed E-state index contributed by atoms with van der Waals surface area (Å²) in [5.74, 6) is -0.682. The molecule has 0 N–H and O–H groups in total. The molecule has 0 aromatic heterocycles. The molecule has 1 aromatic rings. The lowest BCUT2D eigenvalue weighted by molar-refractivity contribution is -0.139.